The van der Waals surface area contributed by atoms with Crippen LogP contribution in [-0.2, 0) is 43.0 Å². The second kappa shape index (κ2) is 13.8. The molecule has 0 fully saturated rings. The maximum absolute atomic E-state index is 11.9. The van der Waals surface area contributed by atoms with Gasteiger partial charge in [-0.2, -0.15) is 15.0 Å². The van der Waals surface area contributed by atoms with Crippen molar-refractivity contribution in [3.8, 4) is 0 Å². The average molecular weight is 516 g/mol. The highest BCUT2D eigenvalue weighted by atomic mass is 16.5. The predicted molar refractivity (Wildman–Crippen MR) is 115 cm³/mol. The summed E-state index contributed by atoms with van der Waals surface area (Å²) >= 11 is 0. The molecule has 0 aliphatic rings. The first kappa shape index (κ1) is 29.3. The molecule has 1 rings (SSSR count). The quantitative estimate of drug-likeness (QED) is 0.156. The molecule has 1 aromatic rings. The molecule has 0 radical (unpaired) electrons. The van der Waals surface area contributed by atoms with Gasteiger partial charge in [0.25, 0.3) is 0 Å². The Kier molecular flexibility index (Phi) is 11.2. The molecule has 18 heteroatoms. The summed E-state index contributed by atoms with van der Waals surface area (Å²) in [4.78, 5) is 84.1. The van der Waals surface area contributed by atoms with E-state index in [1.807, 2.05) is 0 Å². The van der Waals surface area contributed by atoms with Crippen LogP contribution in [0.2, 0.25) is 0 Å². The lowest BCUT2D eigenvalue weighted by molar-refractivity contribution is -0.141. The third kappa shape index (κ3) is 9.61. The van der Waals surface area contributed by atoms with Crippen molar-refractivity contribution in [3.63, 3.8) is 0 Å². The van der Waals surface area contributed by atoms with E-state index in [0.717, 1.165) is 31.1 Å². The van der Waals surface area contributed by atoms with Crippen LogP contribution in [0.4, 0.5) is 17.8 Å². The fourth-order valence-corrected chi connectivity index (χ4v) is 2.51. The van der Waals surface area contributed by atoms with Crippen LogP contribution in [-0.4, -0.2) is 127 Å². The van der Waals surface area contributed by atoms with Crippen molar-refractivity contribution in [1.29, 1.82) is 0 Å². The number of rotatable bonds is 15. The summed E-state index contributed by atoms with van der Waals surface area (Å²) in [6.45, 7) is -4.58. The van der Waals surface area contributed by atoms with Gasteiger partial charge in [-0.3, -0.25) is 28.8 Å². The lowest BCUT2D eigenvalue weighted by Crippen LogP contribution is -2.41. The Morgan fingerprint density at radius 1 is 0.528 bits per heavy atom. The fourth-order valence-electron chi connectivity index (χ4n) is 2.51. The molecule has 0 amide bonds. The van der Waals surface area contributed by atoms with Crippen molar-refractivity contribution in [2.75, 3.05) is 75.3 Å². The molecule has 36 heavy (non-hydrogen) atoms. The highest BCUT2D eigenvalue weighted by molar-refractivity contribution is 5.82. The smallest absolute Gasteiger partial charge is 0.325 e. The van der Waals surface area contributed by atoms with Gasteiger partial charge in [0.2, 0.25) is 17.8 Å². The van der Waals surface area contributed by atoms with Crippen molar-refractivity contribution in [3.05, 3.63) is 0 Å². The van der Waals surface area contributed by atoms with Crippen molar-refractivity contribution >= 4 is 53.7 Å². The van der Waals surface area contributed by atoms with E-state index < -0.39 is 92.9 Å². The molecular weight excluding hydrogens is 492 g/mol. The molecule has 0 spiro atoms. The molecule has 0 bridgehead atoms. The topological polar surface area (TPSA) is 239 Å². The predicted octanol–water partition coefficient (Wildman–Crippen LogP) is -2.94. The fraction of sp³-hybridized carbons (Fsp3) is 0.500. The van der Waals surface area contributed by atoms with Gasteiger partial charge < -0.3 is 44.2 Å². The summed E-state index contributed by atoms with van der Waals surface area (Å²) in [7, 11) is 3.17. The Labute approximate surface area is 203 Å². The Morgan fingerprint density at radius 2 is 0.750 bits per heavy atom. The number of nitrogens with zero attached hydrogens (tertiary/aromatic N) is 6. The number of carbonyl (C=O) groups is 6. The minimum Gasteiger partial charge on any atom is -0.480 e. The van der Waals surface area contributed by atoms with E-state index in [2.05, 4.69) is 29.2 Å². The molecule has 1 aromatic heterocycles. The van der Waals surface area contributed by atoms with E-state index in [4.69, 9.17) is 0 Å². The lowest BCUT2D eigenvalue weighted by Gasteiger charge is -2.26. The Morgan fingerprint density at radius 3 is 0.972 bits per heavy atom. The highest BCUT2D eigenvalue weighted by Gasteiger charge is 2.27. The number of hydrogen-bond acceptors (Lipinski definition) is 15. The normalized spacial score (nSPS) is 10.1. The van der Waals surface area contributed by atoms with E-state index in [9.17, 15) is 44.1 Å². The van der Waals surface area contributed by atoms with Crippen molar-refractivity contribution in [2.24, 2.45) is 0 Å². The van der Waals surface area contributed by atoms with Gasteiger partial charge in [0.1, 0.15) is 39.3 Å². The second-order valence-electron chi connectivity index (χ2n) is 6.71. The first-order chi connectivity index (χ1) is 16.9. The zero-order valence-corrected chi connectivity index (χ0v) is 19.4. The molecule has 0 saturated carbocycles. The maximum atomic E-state index is 11.9. The van der Waals surface area contributed by atoms with Crippen LogP contribution in [0.25, 0.3) is 0 Å². The highest BCUT2D eigenvalue weighted by Crippen LogP contribution is 2.20. The Hall–Kier alpha value is -4.77. The van der Waals surface area contributed by atoms with E-state index in [1.165, 1.54) is 0 Å². The van der Waals surface area contributed by atoms with Crippen LogP contribution >= 0.6 is 0 Å². The van der Waals surface area contributed by atoms with Crippen molar-refractivity contribution < 1.29 is 58.3 Å². The minimum atomic E-state index is -1.46. The van der Waals surface area contributed by atoms with Crippen LogP contribution in [0.15, 0.2) is 0 Å². The zero-order chi connectivity index (χ0) is 27.4. The van der Waals surface area contributed by atoms with Gasteiger partial charge in [-0.05, 0) is 0 Å². The summed E-state index contributed by atoms with van der Waals surface area (Å²) in [6.07, 6.45) is 0. The SMILES string of the molecule is COC(=O)CN(CC(=O)O)c1nc(N(CC(=O)O)CC(=O)O)nc(N(CC(=O)OC)CC(=O)OC)n1. The summed E-state index contributed by atoms with van der Waals surface area (Å²) < 4.78 is 13.7. The summed E-state index contributed by atoms with van der Waals surface area (Å²) in [6, 6.07) is 0. The molecule has 1 heterocycles. The Bertz CT molecular complexity index is 969. The van der Waals surface area contributed by atoms with E-state index in [0.29, 0.717) is 4.90 Å². The second-order valence-corrected chi connectivity index (χ2v) is 6.71. The number of carboxylic acids is 3. The molecular formula is C18H24N6O12. The molecule has 0 aliphatic carbocycles. The third-order valence-corrected chi connectivity index (χ3v) is 4.07. The average Bonchev–Trinajstić information content (AvgIpc) is 2.81. The number of carbonyl (C=O) groups excluding carboxylic acids is 3. The molecule has 18 nitrogen and oxygen atoms in total. The number of ether oxygens (including phenoxy) is 3. The zero-order valence-electron chi connectivity index (χ0n) is 19.4. The molecule has 0 saturated heterocycles. The van der Waals surface area contributed by atoms with Gasteiger partial charge >= 0.3 is 35.8 Å². The standard InChI is InChI=1S/C18H24N6O12/c1-34-13(31)7-23(6-12(29)30)17-19-16(22(4-10(25)26)5-11(27)28)20-18(21-17)24(8-14(32)35-2)9-15(33)36-3/h4-9H2,1-3H3,(H,25,26)(H,27,28)(H,29,30). The molecule has 3 N–H and O–H groups in total. The third-order valence-electron chi connectivity index (χ3n) is 4.07. The number of hydrogen-bond donors (Lipinski definition) is 3. The van der Waals surface area contributed by atoms with Gasteiger partial charge in [0, 0.05) is 0 Å². The van der Waals surface area contributed by atoms with Crippen LogP contribution < -0.4 is 14.7 Å². The van der Waals surface area contributed by atoms with Gasteiger partial charge in [-0.15, -0.1) is 0 Å². The van der Waals surface area contributed by atoms with E-state index in [-0.39, 0.29) is 0 Å². The first-order valence-corrected chi connectivity index (χ1v) is 9.76. The van der Waals surface area contributed by atoms with Crippen LogP contribution in [0, 0.1) is 0 Å². The number of aliphatic carboxylic acids is 3. The number of aromatic nitrogens is 3. The molecule has 0 aromatic carbocycles. The summed E-state index contributed by atoms with van der Waals surface area (Å²) in [5.41, 5.74) is 0. The molecule has 0 atom stereocenters. The molecule has 198 valence electrons. The van der Waals surface area contributed by atoms with Crippen LogP contribution in [0.1, 0.15) is 0 Å². The Balaban J connectivity index is 3.79. The lowest BCUT2D eigenvalue weighted by atomic mass is 10.4. The number of methoxy groups -OCH3 is 3. The number of carboxylic acid groups (broad SMARTS) is 3. The van der Waals surface area contributed by atoms with Gasteiger partial charge in [0.05, 0.1) is 21.3 Å². The van der Waals surface area contributed by atoms with E-state index in [1.54, 1.807) is 0 Å². The largest absolute Gasteiger partial charge is 0.480 e. The maximum Gasteiger partial charge on any atom is 0.325 e. The van der Waals surface area contributed by atoms with Gasteiger partial charge in [-0.1, -0.05) is 0 Å². The van der Waals surface area contributed by atoms with Crippen molar-refractivity contribution in [2.45, 2.75) is 0 Å². The molecule has 0 unspecified atom stereocenters. The first-order valence-electron chi connectivity index (χ1n) is 9.76. The van der Waals surface area contributed by atoms with Crippen molar-refractivity contribution in [1.82, 2.24) is 15.0 Å². The monoisotopic (exact) mass is 516 g/mol. The van der Waals surface area contributed by atoms with E-state index >= 15 is 0 Å². The number of esters is 3. The summed E-state index contributed by atoms with van der Waals surface area (Å²) in [5.74, 6) is -8.52. The van der Waals surface area contributed by atoms with Crippen LogP contribution in [0.3, 0.4) is 0 Å². The van der Waals surface area contributed by atoms with Gasteiger partial charge in [0.15, 0.2) is 0 Å². The summed E-state index contributed by atoms with van der Waals surface area (Å²) in [5, 5.41) is 27.7. The van der Waals surface area contributed by atoms with Gasteiger partial charge in [-0.25, -0.2) is 0 Å². The number of anilines is 3. The van der Waals surface area contributed by atoms with Crippen LogP contribution in [0.5, 0.6) is 0 Å². The minimum absolute atomic E-state index is 0.480. The molecule has 0 aliphatic heterocycles.